The van der Waals surface area contributed by atoms with Gasteiger partial charge in [0, 0.05) is 25.1 Å². The van der Waals surface area contributed by atoms with Crippen LogP contribution in [0, 0.1) is 5.82 Å². The van der Waals surface area contributed by atoms with Gasteiger partial charge in [0.15, 0.2) is 12.4 Å². The molecule has 0 spiro atoms. The number of anilines is 2. The molecule has 0 bridgehead atoms. The molecular weight excluding hydrogens is 520 g/mol. The van der Waals surface area contributed by atoms with Gasteiger partial charge in [-0.25, -0.2) is 14.0 Å². The second-order valence-corrected chi connectivity index (χ2v) is 7.99. The predicted molar refractivity (Wildman–Crippen MR) is 124 cm³/mol. The molecule has 1 heterocycles. The van der Waals surface area contributed by atoms with Gasteiger partial charge in [0.1, 0.15) is 30.7 Å². The Morgan fingerprint density at radius 3 is 2.11 bits per heavy atom. The lowest BCUT2D eigenvalue weighted by Gasteiger charge is -2.42. The van der Waals surface area contributed by atoms with Crippen LogP contribution in [0.1, 0.15) is 12.5 Å². The first-order chi connectivity index (χ1) is 18.0. The largest absolute Gasteiger partial charge is 0.446 e. The zero-order valence-electron chi connectivity index (χ0n) is 20.2. The van der Waals surface area contributed by atoms with E-state index < -0.39 is 67.1 Å². The highest BCUT2D eigenvalue weighted by Crippen LogP contribution is 2.30. The summed E-state index contributed by atoms with van der Waals surface area (Å²) in [5.41, 5.74) is -0.666. The minimum Gasteiger partial charge on any atom is -0.446 e. The molecule has 208 valence electrons. The molecule has 38 heavy (non-hydrogen) atoms. The number of methoxy groups -OCH3 is 1. The summed E-state index contributed by atoms with van der Waals surface area (Å²) in [4.78, 5) is 24.7. The first-order valence-electron chi connectivity index (χ1n) is 11.3. The monoisotopic (exact) mass is 546 g/mol. The quantitative estimate of drug-likeness (QED) is 0.422. The molecule has 1 saturated heterocycles. The fraction of sp³-hybridized carbons (Fsp3) is 0.417. The van der Waals surface area contributed by atoms with Crippen LogP contribution in [0.25, 0.3) is 0 Å². The van der Waals surface area contributed by atoms with Crippen LogP contribution in [-0.4, -0.2) is 68.3 Å². The van der Waals surface area contributed by atoms with Crippen molar-refractivity contribution < 1.29 is 55.9 Å². The van der Waals surface area contributed by atoms with Crippen LogP contribution in [0.2, 0.25) is 0 Å². The molecule has 10 nitrogen and oxygen atoms in total. The molecule has 5 atom stereocenters. The number of benzene rings is 2. The number of rotatable bonds is 8. The third-order valence-electron chi connectivity index (χ3n) is 5.39. The maximum atomic E-state index is 13.1. The van der Waals surface area contributed by atoms with Crippen LogP contribution in [0.5, 0.6) is 0 Å². The van der Waals surface area contributed by atoms with Crippen LogP contribution in [0.3, 0.4) is 0 Å². The molecule has 2 amide bonds. The second-order valence-electron chi connectivity index (χ2n) is 7.99. The van der Waals surface area contributed by atoms with Crippen LogP contribution in [0.4, 0.5) is 38.5 Å². The van der Waals surface area contributed by atoms with Crippen molar-refractivity contribution >= 4 is 23.6 Å². The molecule has 1 fully saturated rings. The van der Waals surface area contributed by atoms with E-state index in [1.807, 2.05) is 0 Å². The average Bonchev–Trinajstić information content (AvgIpc) is 2.86. The molecule has 14 heteroatoms. The molecule has 0 unspecified atom stereocenters. The van der Waals surface area contributed by atoms with E-state index in [-0.39, 0.29) is 18.0 Å². The Bertz CT molecular complexity index is 1070. The topological polar surface area (TPSA) is 125 Å². The summed E-state index contributed by atoms with van der Waals surface area (Å²) in [6.07, 6.45) is -13.0. The summed E-state index contributed by atoms with van der Waals surface area (Å²) >= 11 is 0. The van der Waals surface area contributed by atoms with Gasteiger partial charge in [-0.05, 0) is 55.5 Å². The Hall–Kier alpha value is -3.46. The van der Waals surface area contributed by atoms with Crippen molar-refractivity contribution in [2.45, 2.75) is 43.8 Å². The van der Waals surface area contributed by atoms with Crippen molar-refractivity contribution in [2.24, 2.45) is 0 Å². The van der Waals surface area contributed by atoms with Gasteiger partial charge in [-0.2, -0.15) is 13.2 Å². The number of aliphatic hydroxyl groups is 1. The highest BCUT2D eigenvalue weighted by atomic mass is 19.4. The minimum absolute atomic E-state index is 0.00354. The van der Waals surface area contributed by atoms with E-state index in [9.17, 15) is 32.3 Å². The Kier molecular flexibility index (Phi) is 9.85. The average molecular weight is 546 g/mol. The normalized spacial score (nSPS) is 23.4. The fourth-order valence-electron chi connectivity index (χ4n) is 3.58. The lowest BCUT2D eigenvalue weighted by atomic mass is 9.99. The summed E-state index contributed by atoms with van der Waals surface area (Å²) in [5, 5.41) is 15.5. The van der Waals surface area contributed by atoms with Gasteiger partial charge in [0.25, 0.3) is 0 Å². The molecule has 1 aliphatic heterocycles. The Morgan fingerprint density at radius 2 is 1.55 bits per heavy atom. The predicted octanol–water partition coefficient (Wildman–Crippen LogP) is 4.15. The highest BCUT2D eigenvalue weighted by Gasteiger charge is 2.48. The molecule has 0 saturated carbocycles. The molecule has 3 rings (SSSR count). The van der Waals surface area contributed by atoms with Crippen molar-refractivity contribution in [3.05, 3.63) is 59.9 Å². The van der Waals surface area contributed by atoms with Gasteiger partial charge in [0.2, 0.25) is 0 Å². The maximum absolute atomic E-state index is 13.1. The maximum Gasteiger partial charge on any atom is 0.416 e. The van der Waals surface area contributed by atoms with Crippen LogP contribution < -0.4 is 10.6 Å². The second kappa shape index (κ2) is 12.9. The Balaban J connectivity index is 1.68. The number of aliphatic hydroxyl groups excluding tert-OH is 1. The number of hydrogen-bond acceptors (Lipinski definition) is 8. The number of nitrogens with one attached hydrogen (secondary N) is 2. The van der Waals surface area contributed by atoms with Crippen molar-refractivity contribution in [3.63, 3.8) is 0 Å². The van der Waals surface area contributed by atoms with Crippen molar-refractivity contribution in [1.82, 2.24) is 0 Å². The number of carbonyl (C=O) groups is 2. The molecule has 0 aliphatic carbocycles. The van der Waals surface area contributed by atoms with Crippen LogP contribution in [0.15, 0.2) is 48.5 Å². The zero-order chi connectivity index (χ0) is 27.9. The van der Waals surface area contributed by atoms with Gasteiger partial charge in [-0.1, -0.05) is 0 Å². The van der Waals surface area contributed by atoms with E-state index in [1.165, 1.54) is 19.2 Å². The van der Waals surface area contributed by atoms with Crippen molar-refractivity contribution in [3.8, 4) is 0 Å². The van der Waals surface area contributed by atoms with Crippen LogP contribution in [-0.2, 0) is 29.9 Å². The van der Waals surface area contributed by atoms with Crippen molar-refractivity contribution in [1.29, 1.82) is 0 Å². The lowest BCUT2D eigenvalue weighted by Crippen LogP contribution is -2.61. The van der Waals surface area contributed by atoms with E-state index in [4.69, 9.17) is 23.7 Å². The van der Waals surface area contributed by atoms with E-state index >= 15 is 0 Å². The molecule has 3 N–H and O–H groups in total. The van der Waals surface area contributed by atoms with Gasteiger partial charge in [0.05, 0.1) is 5.56 Å². The van der Waals surface area contributed by atoms with Gasteiger partial charge < -0.3 is 28.8 Å². The van der Waals surface area contributed by atoms with E-state index in [1.54, 1.807) is 6.92 Å². The minimum atomic E-state index is -4.55. The highest BCUT2D eigenvalue weighted by molar-refractivity contribution is 5.85. The van der Waals surface area contributed by atoms with Crippen LogP contribution >= 0.6 is 0 Å². The van der Waals surface area contributed by atoms with E-state index in [0.717, 1.165) is 36.4 Å². The standard InChI is InChI=1S/C24H26F4N2O8/c1-3-35-21-20(34-2)18(31)19(38-23(33)30-15-8-4-13(5-9-15)24(26,27)28)17(37-21)12-36-22(32)29-16-10-6-14(25)7-11-16/h4-11,17-21,31H,3,12H2,1-2H3,(H,29,32)(H,30,33)/t17-,18+,19-,20-,21-/m1/s1. The summed E-state index contributed by atoms with van der Waals surface area (Å²) in [7, 11) is 1.27. The summed E-state index contributed by atoms with van der Waals surface area (Å²) in [5.74, 6) is -0.502. The number of amides is 2. The smallest absolute Gasteiger partial charge is 0.416 e. The molecule has 2 aromatic rings. The summed E-state index contributed by atoms with van der Waals surface area (Å²) in [6, 6.07) is 8.49. The lowest BCUT2D eigenvalue weighted by molar-refractivity contribution is -0.303. The van der Waals surface area contributed by atoms with Gasteiger partial charge >= 0.3 is 18.4 Å². The third kappa shape index (κ3) is 7.77. The SMILES string of the molecule is CCO[C@@H]1O[C@H](COC(=O)Nc2ccc(F)cc2)[C@@H](OC(=O)Nc2ccc(C(F)(F)F)cc2)[C@H](O)[C@H]1OC. The fourth-order valence-corrected chi connectivity index (χ4v) is 3.58. The van der Waals surface area contributed by atoms with E-state index in [0.29, 0.717) is 0 Å². The first-order valence-corrected chi connectivity index (χ1v) is 11.3. The number of hydrogen-bond donors (Lipinski definition) is 3. The summed E-state index contributed by atoms with van der Waals surface area (Å²) in [6.45, 7) is 1.34. The third-order valence-corrected chi connectivity index (χ3v) is 5.39. The molecule has 2 aromatic carbocycles. The summed E-state index contributed by atoms with van der Waals surface area (Å²) < 4.78 is 78.2. The van der Waals surface area contributed by atoms with Gasteiger partial charge in [-0.15, -0.1) is 0 Å². The number of ether oxygens (including phenoxy) is 5. The zero-order valence-corrected chi connectivity index (χ0v) is 20.2. The Labute approximate surface area is 214 Å². The number of carbonyl (C=O) groups excluding carboxylic acids is 2. The Morgan fingerprint density at radius 1 is 0.974 bits per heavy atom. The molecular formula is C24H26F4N2O8. The van der Waals surface area contributed by atoms with E-state index in [2.05, 4.69) is 10.6 Å². The molecule has 0 aromatic heterocycles. The van der Waals surface area contributed by atoms with Gasteiger partial charge in [-0.3, -0.25) is 10.6 Å². The van der Waals surface area contributed by atoms with Crippen molar-refractivity contribution in [2.75, 3.05) is 31.0 Å². The number of alkyl halides is 3. The number of halogens is 4. The molecule has 0 radical (unpaired) electrons. The first kappa shape index (κ1) is 29.1. The molecule has 1 aliphatic rings.